The van der Waals surface area contributed by atoms with E-state index in [1.165, 1.54) is 4.40 Å². The van der Waals surface area contributed by atoms with Crippen LogP contribution in [0.2, 0.25) is 0 Å². The molecule has 106 valence electrons. The van der Waals surface area contributed by atoms with Gasteiger partial charge in [-0.3, -0.25) is 9.20 Å². The highest BCUT2D eigenvalue weighted by molar-refractivity contribution is 7.99. The van der Waals surface area contributed by atoms with Gasteiger partial charge < -0.3 is 15.8 Å². The molecule has 0 radical (unpaired) electrons. The van der Waals surface area contributed by atoms with Crippen molar-refractivity contribution in [3.05, 3.63) is 46.5 Å². The maximum Gasteiger partial charge on any atom is 0.355 e. The second-order valence-electron chi connectivity index (χ2n) is 4.08. The van der Waals surface area contributed by atoms with Gasteiger partial charge in [0.1, 0.15) is 16.5 Å². The number of hydrogen-bond acceptors (Lipinski definition) is 6. The van der Waals surface area contributed by atoms with Crippen LogP contribution < -0.4 is 11.3 Å². The molecule has 0 atom stereocenters. The van der Waals surface area contributed by atoms with Crippen molar-refractivity contribution in [3.8, 4) is 0 Å². The van der Waals surface area contributed by atoms with E-state index in [1.54, 1.807) is 24.4 Å². The highest BCUT2D eigenvalue weighted by Gasteiger charge is 2.20. The monoisotopic (exact) mass is 303 g/mol. The number of H-pyrrole nitrogens is 1. The number of carboxylic acids is 1. The quantitative estimate of drug-likeness (QED) is 0.612. The smallest absolute Gasteiger partial charge is 0.355 e. The number of aromatic carboxylic acids is 1. The van der Waals surface area contributed by atoms with Gasteiger partial charge in [0, 0.05) is 12.3 Å². The molecule has 8 nitrogen and oxygen atoms in total. The average Bonchev–Trinajstić information content (AvgIpc) is 2.75. The maximum absolute atomic E-state index is 11.4. The maximum atomic E-state index is 11.4. The van der Waals surface area contributed by atoms with Crippen molar-refractivity contribution in [1.29, 1.82) is 0 Å². The first kappa shape index (κ1) is 13.2. The van der Waals surface area contributed by atoms with Crippen LogP contribution >= 0.6 is 11.8 Å². The number of aromatic nitrogens is 4. The Hall–Kier alpha value is -2.81. The van der Waals surface area contributed by atoms with E-state index in [1.807, 2.05) is 0 Å². The van der Waals surface area contributed by atoms with E-state index in [0.29, 0.717) is 5.65 Å². The molecule has 3 aromatic rings. The summed E-state index contributed by atoms with van der Waals surface area (Å²) in [5, 5.41) is 9.76. The Kier molecular flexibility index (Phi) is 3.10. The van der Waals surface area contributed by atoms with E-state index in [-0.39, 0.29) is 21.7 Å². The number of nitrogens with two attached hydrogens (primary N) is 1. The number of pyridine rings is 1. The van der Waals surface area contributed by atoms with Crippen LogP contribution in [0.4, 0.5) is 5.82 Å². The molecule has 3 aromatic heterocycles. The lowest BCUT2D eigenvalue weighted by Crippen LogP contribution is -2.09. The number of anilines is 1. The molecule has 0 saturated heterocycles. The van der Waals surface area contributed by atoms with Gasteiger partial charge in [0.25, 0.3) is 5.56 Å². The molecule has 0 aliphatic carbocycles. The summed E-state index contributed by atoms with van der Waals surface area (Å²) in [5.41, 5.74) is 5.58. The average molecular weight is 303 g/mol. The van der Waals surface area contributed by atoms with Crippen LogP contribution in [-0.4, -0.2) is 30.4 Å². The lowest BCUT2D eigenvalue weighted by Gasteiger charge is -2.00. The third-order valence-corrected chi connectivity index (χ3v) is 3.50. The molecule has 0 aliphatic rings. The van der Waals surface area contributed by atoms with Crippen LogP contribution in [0.5, 0.6) is 0 Å². The number of hydrogen-bond donors (Lipinski definition) is 3. The van der Waals surface area contributed by atoms with E-state index in [4.69, 9.17) is 5.73 Å². The Balaban J connectivity index is 2.13. The molecule has 0 unspecified atom stereocenters. The molecule has 0 saturated carbocycles. The number of nitrogens with zero attached hydrogens (tertiary/aromatic N) is 3. The highest BCUT2D eigenvalue weighted by Crippen LogP contribution is 2.28. The number of fused-ring (bicyclic) bond motifs is 1. The Morgan fingerprint density at radius 3 is 2.90 bits per heavy atom. The molecule has 0 spiro atoms. The minimum atomic E-state index is -1.12. The molecule has 3 heterocycles. The Bertz CT molecular complexity index is 901. The van der Waals surface area contributed by atoms with E-state index >= 15 is 0 Å². The van der Waals surface area contributed by atoms with Gasteiger partial charge in [-0.2, -0.15) is 0 Å². The van der Waals surface area contributed by atoms with Gasteiger partial charge in [0.05, 0.1) is 0 Å². The standard InChI is InChI=1S/C12H9N5O3S/c13-6-5-8(18)16-12(14-6)21-10-9(11(19)20)17-4-2-1-3-7(17)15-10/h1-5H,(H,19,20)(H3,13,14,16,18). The van der Waals surface area contributed by atoms with Crippen molar-refractivity contribution < 1.29 is 9.90 Å². The normalized spacial score (nSPS) is 10.9. The lowest BCUT2D eigenvalue weighted by molar-refractivity contribution is 0.0685. The van der Waals surface area contributed by atoms with Crippen LogP contribution in [0.25, 0.3) is 5.65 Å². The van der Waals surface area contributed by atoms with Gasteiger partial charge in [-0.15, -0.1) is 0 Å². The number of carboxylic acid groups (broad SMARTS) is 1. The topological polar surface area (TPSA) is 126 Å². The van der Waals surface area contributed by atoms with Gasteiger partial charge in [0.15, 0.2) is 10.9 Å². The summed E-state index contributed by atoms with van der Waals surface area (Å²) in [7, 11) is 0. The van der Waals surface area contributed by atoms with Crippen molar-refractivity contribution in [1.82, 2.24) is 19.4 Å². The molecule has 0 bridgehead atoms. The van der Waals surface area contributed by atoms with Gasteiger partial charge in [-0.05, 0) is 23.9 Å². The van der Waals surface area contributed by atoms with Crippen LogP contribution in [0, 0.1) is 0 Å². The van der Waals surface area contributed by atoms with Crippen molar-refractivity contribution in [3.63, 3.8) is 0 Å². The zero-order valence-electron chi connectivity index (χ0n) is 10.5. The molecular formula is C12H9N5O3S. The van der Waals surface area contributed by atoms with Crippen LogP contribution in [-0.2, 0) is 0 Å². The number of nitrogens with one attached hydrogen (secondary N) is 1. The molecule has 4 N–H and O–H groups in total. The number of imidazole rings is 1. The summed E-state index contributed by atoms with van der Waals surface area (Å²) in [6.45, 7) is 0. The number of rotatable bonds is 3. The third kappa shape index (κ3) is 2.46. The van der Waals surface area contributed by atoms with E-state index in [2.05, 4.69) is 15.0 Å². The van der Waals surface area contributed by atoms with Gasteiger partial charge in [-0.1, -0.05) is 6.07 Å². The molecule has 21 heavy (non-hydrogen) atoms. The molecule has 9 heteroatoms. The Labute approximate surface area is 121 Å². The highest BCUT2D eigenvalue weighted by atomic mass is 32.2. The van der Waals surface area contributed by atoms with Crippen molar-refractivity contribution in [2.24, 2.45) is 0 Å². The zero-order chi connectivity index (χ0) is 15.0. The molecule has 0 amide bonds. The van der Waals surface area contributed by atoms with Gasteiger partial charge >= 0.3 is 5.97 Å². The summed E-state index contributed by atoms with van der Waals surface area (Å²) in [4.78, 5) is 33.4. The van der Waals surface area contributed by atoms with Crippen LogP contribution in [0.3, 0.4) is 0 Å². The molecule has 0 aromatic carbocycles. The van der Waals surface area contributed by atoms with Crippen molar-refractivity contribution >= 4 is 29.2 Å². The van der Waals surface area contributed by atoms with E-state index in [9.17, 15) is 14.7 Å². The van der Waals surface area contributed by atoms with Gasteiger partial charge in [-0.25, -0.2) is 14.8 Å². The zero-order valence-corrected chi connectivity index (χ0v) is 11.3. The third-order valence-electron chi connectivity index (χ3n) is 2.63. The Morgan fingerprint density at radius 1 is 1.38 bits per heavy atom. The van der Waals surface area contributed by atoms with Crippen molar-refractivity contribution in [2.75, 3.05) is 5.73 Å². The van der Waals surface area contributed by atoms with Gasteiger partial charge in [0.2, 0.25) is 0 Å². The largest absolute Gasteiger partial charge is 0.476 e. The number of nitrogen functional groups attached to an aromatic ring is 1. The van der Waals surface area contributed by atoms with Crippen LogP contribution in [0.15, 0.2) is 45.4 Å². The fourth-order valence-electron chi connectivity index (χ4n) is 1.83. The second-order valence-corrected chi connectivity index (χ2v) is 5.05. The second kappa shape index (κ2) is 4.94. The fraction of sp³-hybridized carbons (Fsp3) is 0. The minimum absolute atomic E-state index is 0.000624. The molecular weight excluding hydrogens is 294 g/mol. The molecule has 0 aliphatic heterocycles. The summed E-state index contributed by atoms with van der Waals surface area (Å²) < 4.78 is 1.45. The first-order valence-corrected chi connectivity index (χ1v) is 6.61. The Morgan fingerprint density at radius 2 is 2.19 bits per heavy atom. The molecule has 0 fully saturated rings. The number of carbonyl (C=O) groups is 1. The predicted molar refractivity (Wildman–Crippen MR) is 75.5 cm³/mol. The summed E-state index contributed by atoms with van der Waals surface area (Å²) in [6, 6.07) is 6.29. The van der Waals surface area contributed by atoms with E-state index in [0.717, 1.165) is 17.8 Å². The predicted octanol–water partition coefficient (Wildman–Crippen LogP) is 0.849. The summed E-state index contributed by atoms with van der Waals surface area (Å²) >= 11 is 0.937. The van der Waals surface area contributed by atoms with E-state index < -0.39 is 11.5 Å². The summed E-state index contributed by atoms with van der Waals surface area (Å²) in [5.74, 6) is -1.07. The minimum Gasteiger partial charge on any atom is -0.476 e. The number of aromatic amines is 1. The van der Waals surface area contributed by atoms with Crippen LogP contribution in [0.1, 0.15) is 10.5 Å². The fourth-order valence-corrected chi connectivity index (χ4v) is 2.74. The SMILES string of the molecule is Nc1cc(=O)[nH]c(Sc2nc3ccccn3c2C(=O)O)n1. The molecule has 3 rings (SSSR count). The van der Waals surface area contributed by atoms with Crippen molar-refractivity contribution in [2.45, 2.75) is 10.2 Å². The summed E-state index contributed by atoms with van der Waals surface area (Å²) in [6.07, 6.45) is 1.60. The first-order valence-electron chi connectivity index (χ1n) is 5.79. The first-order chi connectivity index (χ1) is 10.0. The lowest BCUT2D eigenvalue weighted by atomic mass is 10.4.